The molecule has 1 amide bonds. The van der Waals surface area contributed by atoms with Gasteiger partial charge < -0.3 is 24.7 Å². The number of methoxy groups -OCH3 is 1. The first kappa shape index (κ1) is 26.8. The minimum absolute atomic E-state index is 0.144. The monoisotopic (exact) mass is 513 g/mol. The molecular formula is C30H35N5O3. The standard InChI is InChI=1S/C30H35N5O3/c1-3-32-29(34-22-31)35(20-25-12-9-19-38-25)24-15-17-30(18-16-24,23-10-5-4-6-11-23)21-33-28(36)26-13-7-8-14-27(26)37-2/h4-14,19,24H,3,15-18,20-21H2,1-2H3,(H,32,34)(H,33,36)/t24-,30-. The van der Waals surface area contributed by atoms with Crippen molar-refractivity contribution in [1.82, 2.24) is 15.5 Å². The number of aliphatic imine (C=N–C) groups is 1. The molecule has 0 unspecified atom stereocenters. The summed E-state index contributed by atoms with van der Waals surface area (Å²) in [6.07, 6.45) is 7.09. The van der Waals surface area contributed by atoms with Crippen LogP contribution in [0.2, 0.25) is 0 Å². The fourth-order valence-corrected chi connectivity index (χ4v) is 5.36. The van der Waals surface area contributed by atoms with E-state index in [9.17, 15) is 10.1 Å². The molecule has 1 aromatic heterocycles. The Balaban J connectivity index is 1.55. The van der Waals surface area contributed by atoms with Gasteiger partial charge in [-0.2, -0.15) is 5.26 Å². The van der Waals surface area contributed by atoms with Gasteiger partial charge in [-0.05, 0) is 62.4 Å². The molecule has 0 spiro atoms. The molecule has 0 saturated heterocycles. The van der Waals surface area contributed by atoms with E-state index in [1.165, 1.54) is 5.56 Å². The summed E-state index contributed by atoms with van der Waals surface area (Å²) in [5.41, 5.74) is 1.53. The second-order valence-corrected chi connectivity index (χ2v) is 9.53. The average molecular weight is 514 g/mol. The third kappa shape index (κ3) is 6.17. The number of hydrogen-bond donors (Lipinski definition) is 2. The average Bonchev–Trinajstić information content (AvgIpc) is 3.49. The van der Waals surface area contributed by atoms with Gasteiger partial charge in [-0.15, -0.1) is 4.99 Å². The zero-order valence-corrected chi connectivity index (χ0v) is 22.0. The highest BCUT2D eigenvalue weighted by Crippen LogP contribution is 2.41. The number of carbonyl (C=O) groups is 1. The van der Waals surface area contributed by atoms with E-state index >= 15 is 0 Å². The number of para-hydroxylation sites is 1. The molecule has 0 atom stereocenters. The third-order valence-electron chi connectivity index (χ3n) is 7.35. The summed E-state index contributed by atoms with van der Waals surface area (Å²) in [4.78, 5) is 19.4. The van der Waals surface area contributed by atoms with E-state index in [0.717, 1.165) is 31.4 Å². The maximum Gasteiger partial charge on any atom is 0.255 e. The van der Waals surface area contributed by atoms with Crippen molar-refractivity contribution < 1.29 is 13.9 Å². The summed E-state index contributed by atoms with van der Waals surface area (Å²) < 4.78 is 11.0. The van der Waals surface area contributed by atoms with Crippen LogP contribution < -0.4 is 15.4 Å². The Morgan fingerprint density at radius 2 is 1.84 bits per heavy atom. The highest BCUT2D eigenvalue weighted by Gasteiger charge is 2.39. The Labute approximate surface area is 224 Å². The number of benzene rings is 2. The molecule has 8 heteroatoms. The van der Waals surface area contributed by atoms with Crippen LogP contribution >= 0.6 is 0 Å². The number of nitrogens with one attached hydrogen (secondary N) is 2. The smallest absolute Gasteiger partial charge is 0.255 e. The van der Waals surface area contributed by atoms with Crippen LogP contribution in [-0.2, 0) is 12.0 Å². The minimum Gasteiger partial charge on any atom is -0.496 e. The molecule has 1 heterocycles. The lowest BCUT2D eigenvalue weighted by Gasteiger charge is -2.44. The van der Waals surface area contributed by atoms with Gasteiger partial charge in [-0.3, -0.25) is 4.79 Å². The molecule has 2 N–H and O–H groups in total. The van der Waals surface area contributed by atoms with Gasteiger partial charge in [0.15, 0.2) is 0 Å². The molecule has 3 aromatic rings. The highest BCUT2D eigenvalue weighted by atomic mass is 16.5. The van der Waals surface area contributed by atoms with Crippen molar-refractivity contribution in [2.24, 2.45) is 4.99 Å². The van der Waals surface area contributed by atoms with Gasteiger partial charge in [-0.1, -0.05) is 42.5 Å². The first-order valence-electron chi connectivity index (χ1n) is 13.1. The summed E-state index contributed by atoms with van der Waals surface area (Å²) in [5.74, 6) is 1.80. The number of nitrogens with zero attached hydrogens (tertiary/aromatic N) is 3. The summed E-state index contributed by atoms with van der Waals surface area (Å²) in [7, 11) is 1.57. The predicted octanol–water partition coefficient (Wildman–Crippen LogP) is 4.85. The second-order valence-electron chi connectivity index (χ2n) is 9.53. The van der Waals surface area contributed by atoms with E-state index in [1.807, 2.05) is 43.4 Å². The number of ether oxygens (including phenoxy) is 1. The van der Waals surface area contributed by atoms with Gasteiger partial charge in [0, 0.05) is 24.5 Å². The molecule has 0 bridgehead atoms. The fourth-order valence-electron chi connectivity index (χ4n) is 5.36. The van der Waals surface area contributed by atoms with E-state index in [2.05, 4.69) is 44.8 Å². The van der Waals surface area contributed by atoms with Gasteiger partial charge in [0.25, 0.3) is 5.91 Å². The first-order chi connectivity index (χ1) is 18.6. The summed E-state index contributed by atoms with van der Waals surface area (Å²) in [6.45, 7) is 3.69. The molecular weight excluding hydrogens is 478 g/mol. The lowest BCUT2D eigenvalue weighted by Crippen LogP contribution is -2.51. The van der Waals surface area contributed by atoms with Crippen LogP contribution in [-0.4, -0.2) is 43.0 Å². The molecule has 1 saturated carbocycles. The minimum atomic E-state index is -0.212. The fraction of sp³-hybridized carbons (Fsp3) is 0.367. The number of guanidine groups is 1. The number of carbonyl (C=O) groups excluding carboxylic acids is 1. The van der Waals surface area contributed by atoms with E-state index in [1.54, 1.807) is 25.5 Å². The van der Waals surface area contributed by atoms with Crippen molar-refractivity contribution in [3.63, 3.8) is 0 Å². The Bertz CT molecular complexity index is 1240. The maximum atomic E-state index is 13.2. The van der Waals surface area contributed by atoms with Crippen molar-refractivity contribution in [1.29, 1.82) is 5.26 Å². The number of furan rings is 1. The summed E-state index contributed by atoms with van der Waals surface area (Å²) >= 11 is 0. The maximum absolute atomic E-state index is 13.2. The number of rotatable bonds is 9. The largest absolute Gasteiger partial charge is 0.496 e. The predicted molar refractivity (Wildman–Crippen MR) is 147 cm³/mol. The zero-order chi connectivity index (χ0) is 26.8. The molecule has 2 aromatic carbocycles. The number of nitriles is 1. The Morgan fingerprint density at radius 3 is 2.50 bits per heavy atom. The molecule has 1 fully saturated rings. The SMILES string of the molecule is CCN/C(=N\C#N)N(Cc1ccco1)[C@H]1CC[C@](CNC(=O)c2ccccc2OC)(c2ccccc2)CC1. The van der Waals surface area contributed by atoms with Crippen LogP contribution in [0.5, 0.6) is 5.75 Å². The van der Waals surface area contributed by atoms with E-state index in [4.69, 9.17) is 9.15 Å². The molecule has 0 aliphatic heterocycles. The number of hydrogen-bond acceptors (Lipinski definition) is 5. The zero-order valence-electron chi connectivity index (χ0n) is 22.0. The molecule has 8 nitrogen and oxygen atoms in total. The summed E-state index contributed by atoms with van der Waals surface area (Å²) in [5, 5.41) is 15.8. The molecule has 1 aliphatic carbocycles. The summed E-state index contributed by atoms with van der Waals surface area (Å²) in [6, 6.07) is 21.7. The normalized spacial score (nSPS) is 19.3. The van der Waals surface area contributed by atoms with E-state index in [-0.39, 0.29) is 17.4 Å². The second kappa shape index (κ2) is 12.8. The Kier molecular flexibility index (Phi) is 9.04. The molecule has 38 heavy (non-hydrogen) atoms. The molecule has 1 aliphatic rings. The van der Waals surface area contributed by atoms with E-state index < -0.39 is 0 Å². The van der Waals surface area contributed by atoms with E-state index in [0.29, 0.717) is 36.9 Å². The third-order valence-corrected chi connectivity index (χ3v) is 7.35. The van der Waals surface area contributed by atoms with Crippen molar-refractivity contribution in [3.05, 3.63) is 89.9 Å². The lowest BCUT2D eigenvalue weighted by atomic mass is 9.67. The number of amides is 1. The van der Waals surface area contributed by atoms with Crippen molar-refractivity contribution in [3.8, 4) is 11.9 Å². The quantitative estimate of drug-likeness (QED) is 0.241. The molecule has 198 valence electrons. The van der Waals surface area contributed by atoms with Crippen molar-refractivity contribution >= 4 is 11.9 Å². The van der Waals surface area contributed by atoms with Crippen molar-refractivity contribution in [2.75, 3.05) is 20.2 Å². The highest BCUT2D eigenvalue weighted by molar-refractivity contribution is 5.97. The van der Waals surface area contributed by atoms with Gasteiger partial charge in [-0.25, -0.2) is 0 Å². The molecule has 0 radical (unpaired) electrons. The van der Waals surface area contributed by atoms with Crippen LogP contribution in [0.3, 0.4) is 0 Å². The van der Waals surface area contributed by atoms with Gasteiger partial charge >= 0.3 is 0 Å². The van der Waals surface area contributed by atoms with Gasteiger partial charge in [0.2, 0.25) is 12.2 Å². The van der Waals surface area contributed by atoms with Crippen LogP contribution in [0, 0.1) is 11.5 Å². The Morgan fingerprint density at radius 1 is 1.11 bits per heavy atom. The first-order valence-corrected chi connectivity index (χ1v) is 13.1. The van der Waals surface area contributed by atoms with Crippen LogP contribution in [0.1, 0.15) is 54.3 Å². The van der Waals surface area contributed by atoms with Gasteiger partial charge in [0.1, 0.15) is 11.5 Å². The van der Waals surface area contributed by atoms with Crippen molar-refractivity contribution in [2.45, 2.75) is 50.6 Å². The lowest BCUT2D eigenvalue weighted by molar-refractivity contribution is 0.0924. The Hall–Kier alpha value is -4.25. The van der Waals surface area contributed by atoms with Crippen LogP contribution in [0.25, 0.3) is 0 Å². The van der Waals surface area contributed by atoms with Crippen LogP contribution in [0.4, 0.5) is 0 Å². The molecule has 4 rings (SSSR count). The van der Waals surface area contributed by atoms with Gasteiger partial charge in [0.05, 0.1) is 25.5 Å². The topological polar surface area (TPSA) is 103 Å². The van der Waals surface area contributed by atoms with Crippen LogP contribution in [0.15, 0.2) is 82.4 Å².